The minimum atomic E-state index is 0.0613. The van der Waals surface area contributed by atoms with Gasteiger partial charge >= 0.3 is 0 Å². The summed E-state index contributed by atoms with van der Waals surface area (Å²) >= 11 is 0. The van der Waals surface area contributed by atoms with E-state index in [9.17, 15) is 0 Å². The van der Waals surface area contributed by atoms with Gasteiger partial charge in [0.15, 0.2) is 0 Å². The van der Waals surface area contributed by atoms with Crippen LogP contribution >= 0.6 is 0 Å². The van der Waals surface area contributed by atoms with Crippen LogP contribution < -0.4 is 0 Å². The summed E-state index contributed by atoms with van der Waals surface area (Å²) in [7, 11) is 0. The van der Waals surface area contributed by atoms with Gasteiger partial charge in [0.1, 0.15) is 0 Å². The van der Waals surface area contributed by atoms with Gasteiger partial charge < -0.3 is 0 Å². The maximum absolute atomic E-state index is 9.16. The molecule has 0 spiro atoms. The molecule has 1 fully saturated rings. The van der Waals surface area contributed by atoms with Crippen molar-refractivity contribution in [1.82, 2.24) is 4.98 Å². The Morgan fingerprint density at radius 1 is 1.43 bits per heavy atom. The highest BCUT2D eigenvalue weighted by molar-refractivity contribution is 5.22. The standard InChI is InChI=1S/C12H14N2/c13-8-12(10-4-1-2-5-10)11-6-3-7-14-9-11/h3,6-7,9-10,12H,1-2,4-5H2. The molecule has 1 saturated carbocycles. The molecule has 0 aliphatic heterocycles. The fraction of sp³-hybridized carbons (Fsp3) is 0.500. The Bertz CT molecular complexity index is 320. The van der Waals surface area contributed by atoms with Crippen LogP contribution in [0, 0.1) is 17.2 Å². The molecule has 1 aliphatic rings. The molecule has 1 unspecified atom stereocenters. The first kappa shape index (κ1) is 9.21. The zero-order valence-corrected chi connectivity index (χ0v) is 8.19. The van der Waals surface area contributed by atoms with E-state index in [2.05, 4.69) is 11.1 Å². The van der Waals surface area contributed by atoms with Crippen molar-refractivity contribution in [3.8, 4) is 6.07 Å². The molecule has 0 amide bonds. The van der Waals surface area contributed by atoms with E-state index in [1.54, 1.807) is 6.20 Å². The second kappa shape index (κ2) is 4.23. The van der Waals surface area contributed by atoms with Crippen molar-refractivity contribution < 1.29 is 0 Å². The zero-order valence-electron chi connectivity index (χ0n) is 8.19. The van der Waals surface area contributed by atoms with E-state index in [4.69, 9.17) is 5.26 Å². The minimum Gasteiger partial charge on any atom is -0.264 e. The zero-order chi connectivity index (χ0) is 9.80. The van der Waals surface area contributed by atoms with Crippen LogP contribution in [-0.2, 0) is 0 Å². The van der Waals surface area contributed by atoms with E-state index in [0.29, 0.717) is 5.92 Å². The maximum Gasteiger partial charge on any atom is 0.0755 e. The number of nitrogens with zero attached hydrogens (tertiary/aromatic N) is 2. The lowest BCUT2D eigenvalue weighted by molar-refractivity contribution is 0.500. The molecule has 2 rings (SSSR count). The Labute approximate surface area is 84.6 Å². The van der Waals surface area contributed by atoms with E-state index >= 15 is 0 Å². The summed E-state index contributed by atoms with van der Waals surface area (Å²) in [5.41, 5.74) is 1.09. The molecular weight excluding hydrogens is 172 g/mol. The average molecular weight is 186 g/mol. The van der Waals surface area contributed by atoms with Gasteiger partial charge in [0, 0.05) is 12.4 Å². The Hall–Kier alpha value is -1.36. The number of hydrogen-bond donors (Lipinski definition) is 0. The highest BCUT2D eigenvalue weighted by Crippen LogP contribution is 2.36. The molecule has 14 heavy (non-hydrogen) atoms. The molecule has 1 aliphatic carbocycles. The molecule has 2 heteroatoms. The third-order valence-electron chi connectivity index (χ3n) is 3.05. The molecule has 72 valence electrons. The molecule has 0 saturated heterocycles. The molecular formula is C12H14N2. The van der Waals surface area contributed by atoms with Crippen LogP contribution in [-0.4, -0.2) is 4.98 Å². The monoisotopic (exact) mass is 186 g/mol. The Balaban J connectivity index is 2.18. The SMILES string of the molecule is N#CC(c1cccnc1)C1CCCC1. The third kappa shape index (κ3) is 1.77. The van der Waals surface area contributed by atoms with Gasteiger partial charge in [-0.25, -0.2) is 0 Å². The van der Waals surface area contributed by atoms with Crippen molar-refractivity contribution in [3.05, 3.63) is 30.1 Å². The van der Waals surface area contributed by atoms with Crippen molar-refractivity contribution in [2.24, 2.45) is 5.92 Å². The van der Waals surface area contributed by atoms with E-state index in [1.807, 2.05) is 18.3 Å². The highest BCUT2D eigenvalue weighted by Gasteiger charge is 2.26. The average Bonchev–Trinajstić information content (AvgIpc) is 2.74. The molecule has 1 aromatic heterocycles. The van der Waals surface area contributed by atoms with Crippen LogP contribution in [0.2, 0.25) is 0 Å². The lowest BCUT2D eigenvalue weighted by Crippen LogP contribution is -2.07. The van der Waals surface area contributed by atoms with Crippen LogP contribution in [0.15, 0.2) is 24.5 Å². The Morgan fingerprint density at radius 2 is 2.21 bits per heavy atom. The van der Waals surface area contributed by atoms with Gasteiger partial charge in [0.2, 0.25) is 0 Å². The van der Waals surface area contributed by atoms with Gasteiger partial charge in [-0.1, -0.05) is 18.9 Å². The lowest BCUT2D eigenvalue weighted by atomic mass is 9.87. The Morgan fingerprint density at radius 3 is 2.79 bits per heavy atom. The fourth-order valence-corrected chi connectivity index (χ4v) is 2.30. The van der Waals surface area contributed by atoms with Crippen LogP contribution in [0.4, 0.5) is 0 Å². The van der Waals surface area contributed by atoms with Gasteiger partial charge in [-0.3, -0.25) is 4.98 Å². The molecule has 0 bridgehead atoms. The van der Waals surface area contributed by atoms with Crippen molar-refractivity contribution in [2.45, 2.75) is 31.6 Å². The van der Waals surface area contributed by atoms with Crippen molar-refractivity contribution in [3.63, 3.8) is 0 Å². The van der Waals surface area contributed by atoms with Gasteiger partial charge in [0.25, 0.3) is 0 Å². The highest BCUT2D eigenvalue weighted by atomic mass is 14.6. The van der Waals surface area contributed by atoms with Crippen molar-refractivity contribution in [2.75, 3.05) is 0 Å². The van der Waals surface area contributed by atoms with Crippen molar-refractivity contribution >= 4 is 0 Å². The van der Waals surface area contributed by atoms with Gasteiger partial charge in [-0.15, -0.1) is 0 Å². The summed E-state index contributed by atoms with van der Waals surface area (Å²) in [6.07, 6.45) is 8.55. The summed E-state index contributed by atoms with van der Waals surface area (Å²) in [6, 6.07) is 6.34. The summed E-state index contributed by atoms with van der Waals surface area (Å²) in [5.74, 6) is 0.621. The topological polar surface area (TPSA) is 36.7 Å². The largest absolute Gasteiger partial charge is 0.264 e. The second-order valence-corrected chi connectivity index (χ2v) is 3.94. The summed E-state index contributed by atoms with van der Waals surface area (Å²) < 4.78 is 0. The molecule has 1 heterocycles. The molecule has 2 nitrogen and oxygen atoms in total. The van der Waals surface area contributed by atoms with Gasteiger partial charge in [-0.05, 0) is 30.4 Å². The minimum absolute atomic E-state index is 0.0613. The number of hydrogen-bond acceptors (Lipinski definition) is 2. The normalized spacial score (nSPS) is 19.1. The Kier molecular flexibility index (Phi) is 2.78. The quantitative estimate of drug-likeness (QED) is 0.712. The molecule has 0 N–H and O–H groups in total. The van der Waals surface area contributed by atoms with Crippen LogP contribution in [0.5, 0.6) is 0 Å². The van der Waals surface area contributed by atoms with E-state index in [1.165, 1.54) is 25.7 Å². The fourth-order valence-electron chi connectivity index (χ4n) is 2.30. The summed E-state index contributed by atoms with van der Waals surface area (Å²) in [5, 5.41) is 9.16. The first-order valence-corrected chi connectivity index (χ1v) is 5.21. The maximum atomic E-state index is 9.16. The molecule has 0 radical (unpaired) electrons. The lowest BCUT2D eigenvalue weighted by Gasteiger charge is -2.15. The van der Waals surface area contributed by atoms with Gasteiger partial charge in [0.05, 0.1) is 12.0 Å². The smallest absolute Gasteiger partial charge is 0.0755 e. The summed E-state index contributed by atoms with van der Waals surface area (Å²) in [6.45, 7) is 0. The number of nitriles is 1. The third-order valence-corrected chi connectivity index (χ3v) is 3.05. The molecule has 1 aromatic rings. The predicted octanol–water partition coefficient (Wildman–Crippen LogP) is 2.88. The number of pyridine rings is 1. The predicted molar refractivity (Wildman–Crippen MR) is 54.5 cm³/mol. The first-order valence-electron chi connectivity index (χ1n) is 5.21. The summed E-state index contributed by atoms with van der Waals surface area (Å²) in [4.78, 5) is 4.07. The second-order valence-electron chi connectivity index (χ2n) is 3.94. The number of rotatable bonds is 2. The molecule has 0 aromatic carbocycles. The van der Waals surface area contributed by atoms with Crippen LogP contribution in [0.25, 0.3) is 0 Å². The van der Waals surface area contributed by atoms with E-state index < -0.39 is 0 Å². The van der Waals surface area contributed by atoms with Crippen LogP contribution in [0.1, 0.15) is 37.2 Å². The first-order chi connectivity index (χ1) is 6.92. The molecule has 1 atom stereocenters. The van der Waals surface area contributed by atoms with E-state index in [-0.39, 0.29) is 5.92 Å². The van der Waals surface area contributed by atoms with Crippen LogP contribution in [0.3, 0.4) is 0 Å². The van der Waals surface area contributed by atoms with Gasteiger partial charge in [-0.2, -0.15) is 5.26 Å². The van der Waals surface area contributed by atoms with Crippen molar-refractivity contribution in [1.29, 1.82) is 5.26 Å². The van der Waals surface area contributed by atoms with E-state index in [0.717, 1.165) is 5.56 Å². The number of aromatic nitrogens is 1.